The van der Waals surface area contributed by atoms with E-state index in [1.807, 2.05) is 36.5 Å². The van der Waals surface area contributed by atoms with E-state index in [0.717, 1.165) is 24.1 Å². The van der Waals surface area contributed by atoms with Crippen molar-refractivity contribution in [3.63, 3.8) is 0 Å². The normalized spacial score (nSPS) is 16.2. The van der Waals surface area contributed by atoms with Gasteiger partial charge in [0.15, 0.2) is 0 Å². The number of hydrogen-bond acceptors (Lipinski definition) is 3. The molecule has 0 unspecified atom stereocenters. The Labute approximate surface area is 130 Å². The number of aromatic nitrogens is 2. The zero-order valence-corrected chi connectivity index (χ0v) is 13.2. The zero-order valence-electron chi connectivity index (χ0n) is 12.4. The van der Waals surface area contributed by atoms with Gasteiger partial charge in [-0.15, -0.1) is 0 Å². The third kappa shape index (κ3) is 3.55. The van der Waals surface area contributed by atoms with Crippen LogP contribution < -0.4 is 4.72 Å². The maximum Gasteiger partial charge on any atom is 0.279 e. The molecule has 118 valence electrons. The fourth-order valence-corrected chi connectivity index (χ4v) is 3.86. The molecule has 0 amide bonds. The molecule has 6 nitrogen and oxygen atoms in total. The molecule has 1 aliphatic rings. The van der Waals surface area contributed by atoms with Gasteiger partial charge in [0.05, 0.1) is 5.69 Å². The first kappa shape index (κ1) is 15.2. The van der Waals surface area contributed by atoms with Crippen LogP contribution in [0.4, 0.5) is 0 Å². The highest BCUT2D eigenvalue weighted by Crippen LogP contribution is 2.12. The quantitative estimate of drug-likeness (QED) is 0.873. The molecule has 1 aliphatic heterocycles. The highest BCUT2D eigenvalue weighted by molar-refractivity contribution is 7.87. The average Bonchev–Trinajstić information content (AvgIpc) is 3.22. The lowest BCUT2D eigenvalue weighted by Gasteiger charge is -2.16. The summed E-state index contributed by atoms with van der Waals surface area (Å²) < 4.78 is 30.1. The molecule has 7 heteroatoms. The number of nitrogens with zero attached hydrogens (tertiary/aromatic N) is 3. The van der Waals surface area contributed by atoms with E-state index in [9.17, 15) is 8.42 Å². The molecule has 22 heavy (non-hydrogen) atoms. The Kier molecular flexibility index (Phi) is 4.56. The number of rotatable bonds is 6. The zero-order chi connectivity index (χ0) is 15.4. The van der Waals surface area contributed by atoms with Crippen molar-refractivity contribution in [3.05, 3.63) is 48.3 Å². The molecule has 0 spiro atoms. The first-order chi connectivity index (χ1) is 10.6. The predicted octanol–water partition coefficient (Wildman–Crippen LogP) is 1.34. The van der Waals surface area contributed by atoms with Gasteiger partial charge in [-0.1, -0.05) is 12.1 Å². The van der Waals surface area contributed by atoms with Crippen LogP contribution in [-0.2, 0) is 16.6 Å². The molecule has 2 heterocycles. The van der Waals surface area contributed by atoms with E-state index in [4.69, 9.17) is 0 Å². The SMILES string of the molecule is O=S(=O)(NCCc1ccc(-n2cccn2)cc1)N1CCCC1. The molecule has 0 aliphatic carbocycles. The molecule has 1 saturated heterocycles. The number of nitrogens with one attached hydrogen (secondary N) is 1. The summed E-state index contributed by atoms with van der Waals surface area (Å²) in [5.74, 6) is 0. The van der Waals surface area contributed by atoms with Crippen LogP contribution in [0.2, 0.25) is 0 Å². The molecule has 2 aromatic rings. The fourth-order valence-electron chi connectivity index (χ4n) is 2.58. The predicted molar refractivity (Wildman–Crippen MR) is 85.0 cm³/mol. The Balaban J connectivity index is 1.53. The number of hydrogen-bond donors (Lipinski definition) is 1. The van der Waals surface area contributed by atoms with Crippen LogP contribution >= 0.6 is 0 Å². The second-order valence-corrected chi connectivity index (χ2v) is 7.13. The third-order valence-electron chi connectivity index (χ3n) is 3.81. The van der Waals surface area contributed by atoms with Crippen LogP contribution in [-0.4, -0.2) is 42.1 Å². The maximum atomic E-state index is 12.0. The molecule has 0 bridgehead atoms. The first-order valence-corrected chi connectivity index (χ1v) is 8.93. The van der Waals surface area contributed by atoms with Gasteiger partial charge in [0.1, 0.15) is 0 Å². The molecule has 0 saturated carbocycles. The molecule has 0 atom stereocenters. The summed E-state index contributed by atoms with van der Waals surface area (Å²) in [6, 6.07) is 9.85. The Morgan fingerprint density at radius 1 is 1.14 bits per heavy atom. The van der Waals surface area contributed by atoms with E-state index in [2.05, 4.69) is 9.82 Å². The van der Waals surface area contributed by atoms with Crippen LogP contribution in [0.1, 0.15) is 18.4 Å². The molecule has 0 radical (unpaired) electrons. The van der Waals surface area contributed by atoms with E-state index < -0.39 is 10.2 Å². The first-order valence-electron chi connectivity index (χ1n) is 7.49. The van der Waals surface area contributed by atoms with Gasteiger partial charge in [-0.3, -0.25) is 0 Å². The molecular formula is C15H20N4O2S. The van der Waals surface area contributed by atoms with Crippen LogP contribution in [0.25, 0.3) is 5.69 Å². The topological polar surface area (TPSA) is 67.2 Å². The Bertz CT molecular complexity index is 690. The third-order valence-corrected chi connectivity index (χ3v) is 5.42. The van der Waals surface area contributed by atoms with Crippen molar-refractivity contribution in [2.24, 2.45) is 0 Å². The highest BCUT2D eigenvalue weighted by Gasteiger charge is 2.24. The smallest absolute Gasteiger partial charge is 0.241 e. The van der Waals surface area contributed by atoms with E-state index in [0.29, 0.717) is 26.1 Å². The molecule has 1 fully saturated rings. The minimum atomic E-state index is -3.30. The van der Waals surface area contributed by atoms with Crippen molar-refractivity contribution >= 4 is 10.2 Å². The van der Waals surface area contributed by atoms with Crippen molar-refractivity contribution in [1.82, 2.24) is 18.8 Å². The molecule has 1 N–H and O–H groups in total. The molecule has 1 aromatic carbocycles. The molecular weight excluding hydrogens is 300 g/mol. The molecule has 3 rings (SSSR count). The van der Waals surface area contributed by atoms with Gasteiger partial charge < -0.3 is 0 Å². The summed E-state index contributed by atoms with van der Waals surface area (Å²) in [5.41, 5.74) is 2.09. The minimum absolute atomic E-state index is 0.417. The highest BCUT2D eigenvalue weighted by atomic mass is 32.2. The van der Waals surface area contributed by atoms with Crippen molar-refractivity contribution in [2.45, 2.75) is 19.3 Å². The standard InChI is InChI=1S/C15H20N4O2S/c20-22(21,18-11-1-2-12-18)17-10-8-14-4-6-15(7-5-14)19-13-3-9-16-19/h3-7,9,13,17H,1-2,8,10-12H2. The Hall–Kier alpha value is -1.70. The largest absolute Gasteiger partial charge is 0.279 e. The average molecular weight is 320 g/mol. The Morgan fingerprint density at radius 2 is 1.86 bits per heavy atom. The van der Waals surface area contributed by atoms with Crippen LogP contribution in [0.15, 0.2) is 42.7 Å². The monoisotopic (exact) mass is 320 g/mol. The lowest BCUT2D eigenvalue weighted by Crippen LogP contribution is -2.39. The second-order valence-electron chi connectivity index (χ2n) is 5.37. The lowest BCUT2D eigenvalue weighted by atomic mass is 10.1. The maximum absolute atomic E-state index is 12.0. The lowest BCUT2D eigenvalue weighted by molar-refractivity contribution is 0.465. The van der Waals surface area contributed by atoms with Crippen molar-refractivity contribution in [1.29, 1.82) is 0 Å². The van der Waals surface area contributed by atoms with Crippen molar-refractivity contribution in [3.8, 4) is 5.69 Å². The van der Waals surface area contributed by atoms with Gasteiger partial charge in [-0.2, -0.15) is 17.8 Å². The van der Waals surface area contributed by atoms with E-state index in [-0.39, 0.29) is 0 Å². The van der Waals surface area contributed by atoms with Crippen molar-refractivity contribution in [2.75, 3.05) is 19.6 Å². The summed E-state index contributed by atoms with van der Waals surface area (Å²) in [7, 11) is -3.30. The minimum Gasteiger partial charge on any atom is -0.241 e. The van der Waals surface area contributed by atoms with Crippen molar-refractivity contribution < 1.29 is 8.42 Å². The van der Waals surface area contributed by atoms with Gasteiger partial charge in [-0.05, 0) is 43.0 Å². The van der Waals surface area contributed by atoms with Gasteiger partial charge in [0.25, 0.3) is 10.2 Å². The van der Waals surface area contributed by atoms with Gasteiger partial charge >= 0.3 is 0 Å². The van der Waals surface area contributed by atoms with Crippen LogP contribution in [0, 0.1) is 0 Å². The van der Waals surface area contributed by atoms with Gasteiger partial charge in [0.2, 0.25) is 0 Å². The summed E-state index contributed by atoms with van der Waals surface area (Å²) in [6.07, 6.45) is 6.21. The summed E-state index contributed by atoms with van der Waals surface area (Å²) in [4.78, 5) is 0. The van der Waals surface area contributed by atoms with Crippen LogP contribution in [0.3, 0.4) is 0 Å². The molecule has 1 aromatic heterocycles. The second kappa shape index (κ2) is 6.60. The fraction of sp³-hybridized carbons (Fsp3) is 0.400. The number of benzene rings is 1. The van der Waals surface area contributed by atoms with Gasteiger partial charge in [0, 0.05) is 32.0 Å². The summed E-state index contributed by atoms with van der Waals surface area (Å²) in [5, 5.41) is 4.17. The van der Waals surface area contributed by atoms with Gasteiger partial charge in [-0.25, -0.2) is 9.40 Å². The Morgan fingerprint density at radius 3 is 2.50 bits per heavy atom. The summed E-state index contributed by atoms with van der Waals surface area (Å²) in [6.45, 7) is 1.68. The van der Waals surface area contributed by atoms with E-state index in [1.54, 1.807) is 10.9 Å². The van der Waals surface area contributed by atoms with E-state index in [1.165, 1.54) is 4.31 Å². The van der Waals surface area contributed by atoms with Crippen LogP contribution in [0.5, 0.6) is 0 Å². The summed E-state index contributed by atoms with van der Waals surface area (Å²) >= 11 is 0. The van der Waals surface area contributed by atoms with E-state index >= 15 is 0 Å².